The zero-order chi connectivity index (χ0) is 13.5. The number of nitrogens with one attached hydrogen (secondary N) is 1. The molecule has 1 rings (SSSR count). The highest BCUT2D eigenvalue weighted by Gasteiger charge is 2.37. The van der Waals surface area contributed by atoms with Gasteiger partial charge in [-0.2, -0.15) is 0 Å². The van der Waals surface area contributed by atoms with Gasteiger partial charge in [-0.05, 0) is 32.9 Å². The Morgan fingerprint density at radius 3 is 2.39 bits per heavy atom. The summed E-state index contributed by atoms with van der Waals surface area (Å²) in [5, 5.41) is 2.96. The molecular weight excluding hydrogens is 234 g/mol. The summed E-state index contributed by atoms with van der Waals surface area (Å²) in [5.41, 5.74) is 1.11. The molecule has 0 saturated carbocycles. The van der Waals surface area contributed by atoms with Gasteiger partial charge in [0.15, 0.2) is 0 Å². The molecule has 0 aromatic rings. The molecule has 0 aliphatic carbocycles. The molecule has 1 N–H and O–H groups in total. The number of hydrogen-bond acceptors (Lipinski definition) is 5. The molecule has 1 aliphatic rings. The van der Waals surface area contributed by atoms with E-state index in [2.05, 4.69) is 5.32 Å². The first-order valence-corrected chi connectivity index (χ1v) is 6.41. The minimum Gasteiger partial charge on any atom is -0.466 e. The Kier molecular flexibility index (Phi) is 5.68. The minimum absolute atomic E-state index is 0.302. The second-order valence-corrected chi connectivity index (χ2v) is 4.12. The lowest BCUT2D eigenvalue weighted by Crippen LogP contribution is -2.47. The maximum absolute atomic E-state index is 11.9. The van der Waals surface area contributed by atoms with Crippen molar-refractivity contribution in [3.63, 3.8) is 0 Å². The van der Waals surface area contributed by atoms with Crippen molar-refractivity contribution in [3.8, 4) is 0 Å². The molecule has 1 aliphatic heterocycles. The van der Waals surface area contributed by atoms with Crippen molar-refractivity contribution in [3.05, 3.63) is 11.8 Å². The fraction of sp³-hybridized carbons (Fsp3) is 0.692. The molecule has 0 fully saturated rings. The molecule has 0 aromatic heterocycles. The van der Waals surface area contributed by atoms with Gasteiger partial charge < -0.3 is 14.8 Å². The van der Waals surface area contributed by atoms with Crippen LogP contribution < -0.4 is 5.32 Å². The van der Waals surface area contributed by atoms with Gasteiger partial charge in [-0.1, -0.05) is 12.5 Å². The van der Waals surface area contributed by atoms with Crippen molar-refractivity contribution < 1.29 is 19.1 Å². The number of carbonyl (C=O) groups is 2. The van der Waals surface area contributed by atoms with Crippen LogP contribution in [0.15, 0.2) is 11.8 Å². The quantitative estimate of drug-likeness (QED) is 0.752. The molecule has 2 atom stereocenters. The zero-order valence-electron chi connectivity index (χ0n) is 11.2. The summed E-state index contributed by atoms with van der Waals surface area (Å²) in [5.74, 6) is -1.24. The highest BCUT2D eigenvalue weighted by atomic mass is 16.5. The second-order valence-electron chi connectivity index (χ2n) is 4.12. The Hall–Kier alpha value is -1.52. The molecule has 102 valence electrons. The predicted octanol–water partition coefficient (Wildman–Crippen LogP) is 1.38. The van der Waals surface area contributed by atoms with E-state index in [1.54, 1.807) is 20.0 Å². The van der Waals surface area contributed by atoms with Crippen LogP contribution in [0.1, 0.15) is 33.6 Å². The van der Waals surface area contributed by atoms with Crippen LogP contribution in [-0.2, 0) is 19.1 Å². The first-order chi connectivity index (χ1) is 8.63. The van der Waals surface area contributed by atoms with Gasteiger partial charge in [-0.15, -0.1) is 0 Å². The zero-order valence-corrected chi connectivity index (χ0v) is 11.2. The third-order valence-electron chi connectivity index (χ3n) is 2.94. The van der Waals surface area contributed by atoms with Crippen LogP contribution in [0.5, 0.6) is 0 Å². The van der Waals surface area contributed by atoms with Gasteiger partial charge in [-0.3, -0.25) is 4.79 Å². The number of ether oxygens (including phenoxy) is 2. The Balaban J connectivity index is 2.81. The monoisotopic (exact) mass is 255 g/mol. The predicted molar refractivity (Wildman–Crippen MR) is 66.7 cm³/mol. The van der Waals surface area contributed by atoms with Gasteiger partial charge in [-0.25, -0.2) is 4.79 Å². The third kappa shape index (κ3) is 3.48. The van der Waals surface area contributed by atoms with Crippen molar-refractivity contribution in [1.82, 2.24) is 5.32 Å². The lowest BCUT2D eigenvalue weighted by Gasteiger charge is -2.29. The second kappa shape index (κ2) is 7.03. The summed E-state index contributed by atoms with van der Waals surface area (Å²) < 4.78 is 9.99. The smallest absolute Gasteiger partial charge is 0.329 e. The number of esters is 2. The first-order valence-electron chi connectivity index (χ1n) is 6.41. The van der Waals surface area contributed by atoms with E-state index in [1.165, 1.54) is 0 Å². The summed E-state index contributed by atoms with van der Waals surface area (Å²) in [4.78, 5) is 23.7. The molecule has 0 radical (unpaired) electrons. The van der Waals surface area contributed by atoms with Gasteiger partial charge in [0.05, 0.1) is 19.1 Å². The van der Waals surface area contributed by atoms with Crippen molar-refractivity contribution in [2.24, 2.45) is 5.92 Å². The number of carbonyl (C=O) groups excluding carboxylic acids is 2. The lowest BCUT2D eigenvalue weighted by molar-refractivity contribution is -0.157. The highest BCUT2D eigenvalue weighted by molar-refractivity contribution is 5.85. The van der Waals surface area contributed by atoms with E-state index in [1.807, 2.05) is 6.92 Å². The van der Waals surface area contributed by atoms with Crippen LogP contribution in [0.2, 0.25) is 0 Å². The van der Waals surface area contributed by atoms with Crippen LogP contribution >= 0.6 is 0 Å². The molecular formula is C13H21NO4. The number of rotatable bonds is 5. The topological polar surface area (TPSA) is 64.6 Å². The Morgan fingerprint density at radius 1 is 1.22 bits per heavy atom. The standard InChI is InChI=1S/C13H21NO4/c1-4-9-7-10(12(15)17-5-2)11(14-8-9)13(16)18-6-3/h8,10-11,14H,4-7H2,1-3H3. The van der Waals surface area contributed by atoms with Crippen LogP contribution in [0, 0.1) is 5.92 Å². The first kappa shape index (κ1) is 14.5. The van der Waals surface area contributed by atoms with Crippen LogP contribution in [0.4, 0.5) is 0 Å². The molecule has 0 spiro atoms. The molecule has 5 heteroatoms. The minimum atomic E-state index is -0.640. The van der Waals surface area contributed by atoms with E-state index in [-0.39, 0.29) is 5.97 Å². The normalized spacial score (nSPS) is 22.7. The maximum atomic E-state index is 11.9. The van der Waals surface area contributed by atoms with Gasteiger partial charge in [0, 0.05) is 0 Å². The molecule has 18 heavy (non-hydrogen) atoms. The summed E-state index contributed by atoms with van der Waals surface area (Å²) >= 11 is 0. The van der Waals surface area contributed by atoms with Crippen LogP contribution in [-0.4, -0.2) is 31.2 Å². The Bertz CT molecular complexity index is 338. The van der Waals surface area contributed by atoms with Gasteiger partial charge in [0.2, 0.25) is 0 Å². The van der Waals surface area contributed by atoms with E-state index in [0.717, 1.165) is 12.0 Å². The van der Waals surface area contributed by atoms with E-state index in [4.69, 9.17) is 9.47 Å². The van der Waals surface area contributed by atoms with E-state index >= 15 is 0 Å². The highest BCUT2D eigenvalue weighted by Crippen LogP contribution is 2.24. The Labute approximate surface area is 108 Å². The molecule has 1 heterocycles. The van der Waals surface area contributed by atoms with Crippen molar-refractivity contribution >= 4 is 11.9 Å². The van der Waals surface area contributed by atoms with E-state index in [0.29, 0.717) is 19.6 Å². The van der Waals surface area contributed by atoms with Crippen LogP contribution in [0.25, 0.3) is 0 Å². The summed E-state index contributed by atoms with van der Waals surface area (Å²) in [7, 11) is 0. The van der Waals surface area contributed by atoms with Crippen molar-refractivity contribution in [2.45, 2.75) is 39.7 Å². The molecule has 0 aromatic carbocycles. The van der Waals surface area contributed by atoms with Gasteiger partial charge >= 0.3 is 11.9 Å². The van der Waals surface area contributed by atoms with E-state index < -0.39 is 17.9 Å². The average molecular weight is 255 g/mol. The average Bonchev–Trinajstić information content (AvgIpc) is 2.38. The largest absolute Gasteiger partial charge is 0.466 e. The molecule has 0 saturated heterocycles. The molecule has 2 unspecified atom stereocenters. The number of hydrogen-bond donors (Lipinski definition) is 1. The Morgan fingerprint density at radius 2 is 1.83 bits per heavy atom. The van der Waals surface area contributed by atoms with Gasteiger partial charge in [0.1, 0.15) is 6.04 Å². The maximum Gasteiger partial charge on any atom is 0.329 e. The summed E-state index contributed by atoms with van der Waals surface area (Å²) in [6.07, 6.45) is 3.20. The van der Waals surface area contributed by atoms with Crippen molar-refractivity contribution in [1.29, 1.82) is 0 Å². The molecule has 0 bridgehead atoms. The SMILES string of the molecule is CCOC(=O)C1CC(CC)=CNC1C(=O)OCC. The lowest BCUT2D eigenvalue weighted by atomic mass is 9.88. The fourth-order valence-corrected chi connectivity index (χ4v) is 1.96. The summed E-state index contributed by atoms with van der Waals surface area (Å²) in [6.45, 7) is 6.13. The molecule has 0 amide bonds. The third-order valence-corrected chi connectivity index (χ3v) is 2.94. The van der Waals surface area contributed by atoms with Gasteiger partial charge in [0.25, 0.3) is 0 Å². The molecule has 5 nitrogen and oxygen atoms in total. The van der Waals surface area contributed by atoms with E-state index in [9.17, 15) is 9.59 Å². The van der Waals surface area contributed by atoms with Crippen LogP contribution in [0.3, 0.4) is 0 Å². The number of allylic oxidation sites excluding steroid dienone is 1. The summed E-state index contributed by atoms with van der Waals surface area (Å²) in [6, 6.07) is -0.640. The fourth-order valence-electron chi connectivity index (χ4n) is 1.96. The van der Waals surface area contributed by atoms with Crippen molar-refractivity contribution in [2.75, 3.05) is 13.2 Å².